The van der Waals surface area contributed by atoms with Crippen LogP contribution in [0.4, 0.5) is 5.69 Å². The molecule has 2 N–H and O–H groups in total. The van der Waals surface area contributed by atoms with Gasteiger partial charge in [0.25, 0.3) is 0 Å². The van der Waals surface area contributed by atoms with Gasteiger partial charge in [0.05, 0.1) is 4.90 Å². The normalized spacial score (nSPS) is 18.3. The number of nitrogens with zero attached hydrogens (tertiary/aromatic N) is 1. The highest BCUT2D eigenvalue weighted by molar-refractivity contribution is 7.89. The lowest BCUT2D eigenvalue weighted by Gasteiger charge is -2.27. The van der Waals surface area contributed by atoms with Gasteiger partial charge in [-0.15, -0.1) is 0 Å². The summed E-state index contributed by atoms with van der Waals surface area (Å²) in [5.41, 5.74) is 1.38. The van der Waals surface area contributed by atoms with E-state index in [1.165, 1.54) is 6.92 Å². The number of anilines is 1. The van der Waals surface area contributed by atoms with E-state index < -0.39 is 10.0 Å². The van der Waals surface area contributed by atoms with Crippen molar-refractivity contribution in [3.63, 3.8) is 0 Å². The third kappa shape index (κ3) is 4.10. The van der Waals surface area contributed by atoms with Crippen LogP contribution in [0.1, 0.15) is 32.3 Å². The highest BCUT2D eigenvalue weighted by Crippen LogP contribution is 2.25. The number of nitrogens with one attached hydrogen (secondary N) is 2. The van der Waals surface area contributed by atoms with E-state index in [-0.39, 0.29) is 16.8 Å². The summed E-state index contributed by atoms with van der Waals surface area (Å²) in [6, 6.07) is 4.89. The fourth-order valence-corrected chi connectivity index (χ4v) is 4.60. The predicted molar refractivity (Wildman–Crippen MR) is 90.9 cm³/mol. The van der Waals surface area contributed by atoms with Gasteiger partial charge in [0.1, 0.15) is 0 Å². The second kappa shape index (κ2) is 7.42. The molecule has 0 spiro atoms. The van der Waals surface area contributed by atoms with Crippen molar-refractivity contribution in [1.29, 1.82) is 0 Å². The quantitative estimate of drug-likeness (QED) is 0.827. The minimum absolute atomic E-state index is 0.00882. The van der Waals surface area contributed by atoms with Crippen molar-refractivity contribution < 1.29 is 13.2 Å². The highest BCUT2D eigenvalue weighted by atomic mass is 32.2. The zero-order chi connectivity index (χ0) is 17.0. The molecule has 2 rings (SSSR count). The summed E-state index contributed by atoms with van der Waals surface area (Å²) in [5.74, 6) is -0.215. The van der Waals surface area contributed by atoms with Gasteiger partial charge in [0.15, 0.2) is 0 Å². The zero-order valence-electron chi connectivity index (χ0n) is 13.9. The van der Waals surface area contributed by atoms with Crippen molar-refractivity contribution in [3.8, 4) is 0 Å². The molecule has 1 aromatic rings. The summed E-state index contributed by atoms with van der Waals surface area (Å²) in [4.78, 5) is 11.5. The Kier molecular flexibility index (Phi) is 5.78. The van der Waals surface area contributed by atoms with Crippen LogP contribution >= 0.6 is 0 Å². The van der Waals surface area contributed by atoms with Crippen molar-refractivity contribution in [1.82, 2.24) is 9.62 Å². The number of hydrogen-bond acceptors (Lipinski definition) is 4. The lowest BCUT2D eigenvalue weighted by Crippen LogP contribution is -2.42. The summed E-state index contributed by atoms with van der Waals surface area (Å²) in [6.45, 7) is 7.25. The number of hydrogen-bond donors (Lipinski definition) is 2. The molecule has 1 unspecified atom stereocenters. The van der Waals surface area contributed by atoms with Crippen molar-refractivity contribution in [2.45, 2.75) is 44.6 Å². The van der Waals surface area contributed by atoms with Crippen LogP contribution in [0.5, 0.6) is 0 Å². The molecule has 0 radical (unpaired) electrons. The molecule has 1 amide bonds. The Balaban J connectivity index is 2.38. The van der Waals surface area contributed by atoms with Gasteiger partial charge in [-0.25, -0.2) is 8.42 Å². The summed E-state index contributed by atoms with van der Waals surface area (Å²) in [6.07, 6.45) is 1.59. The lowest BCUT2D eigenvalue weighted by atomic mass is 10.2. The largest absolute Gasteiger partial charge is 0.326 e. The van der Waals surface area contributed by atoms with Gasteiger partial charge in [-0.3, -0.25) is 4.79 Å². The van der Waals surface area contributed by atoms with Crippen molar-refractivity contribution in [3.05, 3.63) is 23.8 Å². The first-order valence-electron chi connectivity index (χ1n) is 7.97. The van der Waals surface area contributed by atoms with Gasteiger partial charge >= 0.3 is 0 Å². The fraction of sp³-hybridized carbons (Fsp3) is 0.562. The van der Waals surface area contributed by atoms with E-state index in [2.05, 4.69) is 10.6 Å². The molecule has 1 aliphatic rings. The maximum Gasteiger partial charge on any atom is 0.243 e. The van der Waals surface area contributed by atoms with E-state index in [0.717, 1.165) is 24.9 Å². The molecule has 1 atom stereocenters. The third-order valence-electron chi connectivity index (χ3n) is 4.01. The molecule has 1 heterocycles. The van der Waals surface area contributed by atoms with Crippen molar-refractivity contribution in [2.24, 2.45) is 0 Å². The van der Waals surface area contributed by atoms with Crippen molar-refractivity contribution in [2.75, 3.05) is 25.0 Å². The molecule has 0 bridgehead atoms. The Morgan fingerprint density at radius 1 is 1.43 bits per heavy atom. The summed E-state index contributed by atoms with van der Waals surface area (Å²) >= 11 is 0. The van der Waals surface area contributed by atoms with Gasteiger partial charge in [-0.2, -0.15) is 4.31 Å². The molecule has 0 aliphatic carbocycles. The van der Waals surface area contributed by atoms with Crippen LogP contribution in [0.15, 0.2) is 23.1 Å². The van der Waals surface area contributed by atoms with Gasteiger partial charge in [-0.1, -0.05) is 13.0 Å². The molecule has 1 aliphatic heterocycles. The Labute approximate surface area is 138 Å². The third-order valence-corrected chi connectivity index (χ3v) is 5.96. The van der Waals surface area contributed by atoms with Crippen LogP contribution in [0.25, 0.3) is 0 Å². The van der Waals surface area contributed by atoms with E-state index in [1.54, 1.807) is 22.5 Å². The fourth-order valence-electron chi connectivity index (χ4n) is 2.83. The molecule has 1 saturated heterocycles. The SMILES string of the molecule is CCCN(C1CCNC1)S(=O)(=O)c1ccc(C)c(NC(C)=O)c1. The van der Waals surface area contributed by atoms with E-state index >= 15 is 0 Å². The molecule has 7 heteroatoms. The Bertz CT molecular complexity index is 667. The van der Waals surface area contributed by atoms with Crippen LogP contribution in [-0.4, -0.2) is 44.3 Å². The average molecular weight is 339 g/mol. The minimum atomic E-state index is -3.58. The van der Waals surface area contributed by atoms with Crippen molar-refractivity contribution >= 4 is 21.6 Å². The van der Waals surface area contributed by atoms with Crippen LogP contribution < -0.4 is 10.6 Å². The van der Waals surface area contributed by atoms with E-state index in [1.807, 2.05) is 13.8 Å². The number of carbonyl (C=O) groups excluding carboxylic acids is 1. The molecule has 128 valence electrons. The number of aryl methyl sites for hydroxylation is 1. The monoisotopic (exact) mass is 339 g/mol. The maximum atomic E-state index is 13.0. The predicted octanol–water partition coefficient (Wildman–Crippen LogP) is 1.72. The number of sulfonamides is 1. The van der Waals surface area contributed by atoms with E-state index in [0.29, 0.717) is 18.8 Å². The van der Waals surface area contributed by atoms with Crippen LogP contribution in [0.3, 0.4) is 0 Å². The van der Waals surface area contributed by atoms with Crippen LogP contribution in [-0.2, 0) is 14.8 Å². The standard InChI is InChI=1S/C16H25N3O3S/c1-4-9-19(14-7-8-17-11-14)23(21,22)15-6-5-12(2)16(10-15)18-13(3)20/h5-6,10,14,17H,4,7-9,11H2,1-3H3,(H,18,20). The van der Waals surface area contributed by atoms with Crippen LogP contribution in [0.2, 0.25) is 0 Å². The summed E-state index contributed by atoms with van der Waals surface area (Å²) < 4.78 is 27.7. The first kappa shape index (κ1) is 17.9. The van der Waals surface area contributed by atoms with Gasteiger partial charge in [0.2, 0.25) is 15.9 Å². The first-order chi connectivity index (χ1) is 10.9. The topological polar surface area (TPSA) is 78.5 Å². The van der Waals surface area contributed by atoms with Gasteiger partial charge in [-0.05, 0) is 44.0 Å². The summed E-state index contributed by atoms with van der Waals surface area (Å²) in [7, 11) is -3.58. The number of rotatable bonds is 6. The molecule has 0 saturated carbocycles. The second-order valence-corrected chi connectivity index (χ2v) is 7.81. The molecule has 23 heavy (non-hydrogen) atoms. The molecular weight excluding hydrogens is 314 g/mol. The van der Waals surface area contributed by atoms with Gasteiger partial charge in [0, 0.05) is 31.7 Å². The minimum Gasteiger partial charge on any atom is -0.326 e. The average Bonchev–Trinajstić information content (AvgIpc) is 3.00. The second-order valence-electron chi connectivity index (χ2n) is 5.92. The zero-order valence-corrected chi connectivity index (χ0v) is 14.7. The van der Waals surface area contributed by atoms with E-state index in [4.69, 9.17) is 0 Å². The Morgan fingerprint density at radius 3 is 2.74 bits per heavy atom. The highest BCUT2D eigenvalue weighted by Gasteiger charge is 2.32. The Morgan fingerprint density at radius 2 is 2.17 bits per heavy atom. The lowest BCUT2D eigenvalue weighted by molar-refractivity contribution is -0.114. The summed E-state index contributed by atoms with van der Waals surface area (Å²) in [5, 5.41) is 5.91. The smallest absolute Gasteiger partial charge is 0.243 e. The van der Waals surface area contributed by atoms with E-state index in [9.17, 15) is 13.2 Å². The Hall–Kier alpha value is -1.44. The number of amides is 1. The molecular formula is C16H25N3O3S. The molecule has 1 fully saturated rings. The molecule has 0 aromatic heterocycles. The van der Waals surface area contributed by atoms with Crippen LogP contribution in [0, 0.1) is 6.92 Å². The number of benzene rings is 1. The maximum absolute atomic E-state index is 13.0. The molecule has 6 nitrogen and oxygen atoms in total. The molecule has 1 aromatic carbocycles. The first-order valence-corrected chi connectivity index (χ1v) is 9.41. The number of carbonyl (C=O) groups is 1. The van der Waals surface area contributed by atoms with Gasteiger partial charge < -0.3 is 10.6 Å².